The quantitative estimate of drug-likeness (QED) is 0.820. The fourth-order valence-corrected chi connectivity index (χ4v) is 3.14. The van der Waals surface area contributed by atoms with Gasteiger partial charge in [-0.3, -0.25) is 9.69 Å². The molecule has 1 aromatic carbocycles. The summed E-state index contributed by atoms with van der Waals surface area (Å²) < 4.78 is 0. The van der Waals surface area contributed by atoms with Crippen LogP contribution in [0.15, 0.2) is 24.3 Å². The molecule has 2 unspecified atom stereocenters. The molecule has 1 aliphatic rings. The van der Waals surface area contributed by atoms with E-state index in [1.807, 2.05) is 6.92 Å². The van der Waals surface area contributed by atoms with Crippen molar-refractivity contribution in [3.63, 3.8) is 0 Å². The molecular weight excluding hydrogens is 274 g/mol. The van der Waals surface area contributed by atoms with E-state index in [9.17, 15) is 4.79 Å². The highest BCUT2D eigenvalue weighted by molar-refractivity contribution is 6.30. The summed E-state index contributed by atoms with van der Waals surface area (Å²) in [6.07, 6.45) is 4.03. The van der Waals surface area contributed by atoms with E-state index in [1.54, 1.807) is 24.3 Å². The summed E-state index contributed by atoms with van der Waals surface area (Å²) in [5, 5.41) is 9.62. The van der Waals surface area contributed by atoms with Crippen molar-refractivity contribution in [2.24, 2.45) is 0 Å². The smallest absolute Gasteiger partial charge is 0.179 e. The van der Waals surface area contributed by atoms with Crippen molar-refractivity contribution in [3.8, 4) is 0 Å². The van der Waals surface area contributed by atoms with Crippen LogP contribution in [0.5, 0.6) is 0 Å². The van der Waals surface area contributed by atoms with Crippen molar-refractivity contribution in [2.75, 3.05) is 13.2 Å². The highest BCUT2D eigenvalue weighted by Crippen LogP contribution is 2.25. The number of hydrogen-bond donors (Lipinski definition) is 1. The topological polar surface area (TPSA) is 40.5 Å². The van der Waals surface area contributed by atoms with Gasteiger partial charge in [0, 0.05) is 23.2 Å². The van der Waals surface area contributed by atoms with Gasteiger partial charge in [-0.15, -0.1) is 0 Å². The Morgan fingerprint density at radius 1 is 1.45 bits per heavy atom. The van der Waals surface area contributed by atoms with Gasteiger partial charge in [-0.2, -0.15) is 0 Å². The molecule has 0 bridgehead atoms. The number of hydrogen-bond acceptors (Lipinski definition) is 3. The van der Waals surface area contributed by atoms with E-state index in [1.165, 1.54) is 0 Å². The molecular formula is C16H22ClNO2. The summed E-state index contributed by atoms with van der Waals surface area (Å²) >= 11 is 5.86. The number of rotatable bonds is 6. The van der Waals surface area contributed by atoms with Crippen LogP contribution in [0.2, 0.25) is 5.02 Å². The molecule has 2 rings (SSSR count). The van der Waals surface area contributed by atoms with E-state index in [4.69, 9.17) is 16.7 Å². The van der Waals surface area contributed by atoms with E-state index in [0.29, 0.717) is 11.1 Å². The summed E-state index contributed by atoms with van der Waals surface area (Å²) in [5.74, 6) is 0.151. The first-order chi connectivity index (χ1) is 9.63. The standard InChI is InChI=1S/C16H22ClNO2/c1-12(16(20)13-6-8-14(17)9-7-13)18-10-2-4-15(18)5-3-11-19/h6-9,12,15,19H,2-5,10-11H2,1H3. The minimum atomic E-state index is -0.109. The molecule has 0 amide bonds. The Balaban J connectivity index is 2.03. The van der Waals surface area contributed by atoms with E-state index < -0.39 is 0 Å². The van der Waals surface area contributed by atoms with Gasteiger partial charge in [-0.1, -0.05) is 11.6 Å². The van der Waals surface area contributed by atoms with Crippen molar-refractivity contribution < 1.29 is 9.90 Å². The van der Waals surface area contributed by atoms with E-state index in [0.717, 1.165) is 37.8 Å². The summed E-state index contributed by atoms with van der Waals surface area (Å²) in [4.78, 5) is 14.8. The second kappa shape index (κ2) is 7.21. The molecule has 110 valence electrons. The molecule has 1 N–H and O–H groups in total. The van der Waals surface area contributed by atoms with Crippen LogP contribution in [-0.2, 0) is 0 Å². The molecule has 0 aliphatic carbocycles. The van der Waals surface area contributed by atoms with Gasteiger partial charge in [-0.05, 0) is 63.4 Å². The van der Waals surface area contributed by atoms with Crippen LogP contribution >= 0.6 is 11.6 Å². The average molecular weight is 296 g/mol. The monoisotopic (exact) mass is 295 g/mol. The lowest BCUT2D eigenvalue weighted by atomic mass is 10.0. The summed E-state index contributed by atoms with van der Waals surface area (Å²) in [6, 6.07) is 7.42. The summed E-state index contributed by atoms with van der Waals surface area (Å²) in [6.45, 7) is 3.18. The summed E-state index contributed by atoms with van der Waals surface area (Å²) in [7, 11) is 0. The lowest BCUT2D eigenvalue weighted by Crippen LogP contribution is -2.42. The van der Waals surface area contributed by atoms with Gasteiger partial charge in [0.05, 0.1) is 6.04 Å². The van der Waals surface area contributed by atoms with Gasteiger partial charge < -0.3 is 5.11 Å². The van der Waals surface area contributed by atoms with Crippen LogP contribution in [0.3, 0.4) is 0 Å². The maximum atomic E-state index is 12.5. The Morgan fingerprint density at radius 3 is 2.80 bits per heavy atom. The average Bonchev–Trinajstić information content (AvgIpc) is 2.92. The number of likely N-dealkylation sites (tertiary alicyclic amines) is 1. The van der Waals surface area contributed by atoms with Crippen LogP contribution in [0, 0.1) is 0 Å². The van der Waals surface area contributed by atoms with Crippen molar-refractivity contribution >= 4 is 17.4 Å². The van der Waals surface area contributed by atoms with Crippen LogP contribution in [0.1, 0.15) is 43.0 Å². The number of aliphatic hydroxyl groups excluding tert-OH is 1. The Labute approximate surface area is 125 Å². The van der Waals surface area contributed by atoms with Crippen molar-refractivity contribution in [1.82, 2.24) is 4.90 Å². The number of carbonyl (C=O) groups excluding carboxylic acids is 1. The van der Waals surface area contributed by atoms with Gasteiger partial charge >= 0.3 is 0 Å². The van der Waals surface area contributed by atoms with Gasteiger partial charge in [0.15, 0.2) is 5.78 Å². The highest BCUT2D eigenvalue weighted by atomic mass is 35.5. The second-order valence-corrected chi connectivity index (χ2v) is 5.88. The number of halogens is 1. The van der Waals surface area contributed by atoms with Crippen LogP contribution in [0.25, 0.3) is 0 Å². The van der Waals surface area contributed by atoms with Crippen molar-refractivity contribution in [1.29, 1.82) is 0 Å². The van der Waals surface area contributed by atoms with Crippen LogP contribution in [0.4, 0.5) is 0 Å². The number of carbonyl (C=O) groups is 1. The Kier molecular flexibility index (Phi) is 5.58. The van der Waals surface area contributed by atoms with E-state index in [2.05, 4.69) is 4.90 Å². The largest absolute Gasteiger partial charge is 0.396 e. The first-order valence-electron chi connectivity index (χ1n) is 7.30. The number of nitrogens with zero attached hydrogens (tertiary/aromatic N) is 1. The Hall–Kier alpha value is -0.900. The third kappa shape index (κ3) is 3.60. The minimum absolute atomic E-state index is 0.109. The zero-order valence-corrected chi connectivity index (χ0v) is 12.6. The first-order valence-corrected chi connectivity index (χ1v) is 7.67. The molecule has 1 aliphatic heterocycles. The summed E-state index contributed by atoms with van der Waals surface area (Å²) in [5.41, 5.74) is 0.717. The lowest BCUT2D eigenvalue weighted by Gasteiger charge is -2.29. The fourth-order valence-electron chi connectivity index (χ4n) is 3.01. The number of benzene rings is 1. The molecule has 1 heterocycles. The van der Waals surface area contributed by atoms with Gasteiger partial charge in [0.1, 0.15) is 0 Å². The normalized spacial score (nSPS) is 21.1. The van der Waals surface area contributed by atoms with Crippen molar-refractivity contribution in [3.05, 3.63) is 34.9 Å². The zero-order valence-electron chi connectivity index (χ0n) is 11.9. The molecule has 2 atom stereocenters. The number of Topliss-reactive ketones (excluding diaryl/α,β-unsaturated/α-hetero) is 1. The maximum Gasteiger partial charge on any atom is 0.179 e. The molecule has 20 heavy (non-hydrogen) atoms. The number of ketones is 1. The van der Waals surface area contributed by atoms with Gasteiger partial charge in [0.25, 0.3) is 0 Å². The second-order valence-electron chi connectivity index (χ2n) is 5.45. The molecule has 1 aromatic rings. The Morgan fingerprint density at radius 2 is 2.15 bits per heavy atom. The molecule has 1 fully saturated rings. The molecule has 0 aromatic heterocycles. The molecule has 4 heteroatoms. The lowest BCUT2D eigenvalue weighted by molar-refractivity contribution is 0.0809. The number of aliphatic hydroxyl groups is 1. The molecule has 3 nitrogen and oxygen atoms in total. The molecule has 1 saturated heterocycles. The van der Waals surface area contributed by atoms with Gasteiger partial charge in [0.2, 0.25) is 0 Å². The maximum absolute atomic E-state index is 12.5. The SMILES string of the molecule is CC(C(=O)c1ccc(Cl)cc1)N1CCCC1CCCO. The molecule has 0 radical (unpaired) electrons. The molecule has 0 spiro atoms. The molecule has 0 saturated carbocycles. The van der Waals surface area contributed by atoms with E-state index >= 15 is 0 Å². The Bertz CT molecular complexity index is 446. The van der Waals surface area contributed by atoms with Crippen LogP contribution < -0.4 is 0 Å². The van der Waals surface area contributed by atoms with E-state index in [-0.39, 0.29) is 18.4 Å². The fraction of sp³-hybridized carbons (Fsp3) is 0.562. The third-order valence-electron chi connectivity index (χ3n) is 4.12. The minimum Gasteiger partial charge on any atom is -0.396 e. The first kappa shape index (κ1) is 15.5. The predicted octanol–water partition coefficient (Wildman–Crippen LogP) is 3.15. The van der Waals surface area contributed by atoms with Crippen molar-refractivity contribution in [2.45, 2.75) is 44.7 Å². The third-order valence-corrected chi connectivity index (χ3v) is 4.38. The van der Waals surface area contributed by atoms with Gasteiger partial charge in [-0.25, -0.2) is 0 Å². The highest BCUT2D eigenvalue weighted by Gasteiger charge is 2.31. The predicted molar refractivity (Wildman–Crippen MR) is 81.3 cm³/mol. The van der Waals surface area contributed by atoms with Crippen LogP contribution in [-0.4, -0.2) is 41.0 Å². The zero-order chi connectivity index (χ0) is 14.5.